The van der Waals surface area contributed by atoms with Crippen molar-refractivity contribution in [1.29, 1.82) is 0 Å². The fourth-order valence-corrected chi connectivity index (χ4v) is 4.56. The van der Waals surface area contributed by atoms with Crippen LogP contribution in [-0.2, 0) is 24.2 Å². The number of allylic oxidation sites excluding steroid dienone is 4. The molecule has 0 saturated heterocycles. The zero-order valence-corrected chi connectivity index (χ0v) is 24.7. The number of halogens is 2. The van der Waals surface area contributed by atoms with E-state index in [1.54, 1.807) is 18.0 Å². The van der Waals surface area contributed by atoms with E-state index in [4.69, 9.17) is 42.8 Å². The Kier molecular flexibility index (Phi) is 15.0. The Morgan fingerprint density at radius 2 is 1.85 bits per heavy atom. The molecule has 0 amide bonds. The number of imidazole rings is 1. The van der Waals surface area contributed by atoms with Crippen LogP contribution >= 0.6 is 35.1 Å². The summed E-state index contributed by atoms with van der Waals surface area (Å²) in [6.45, 7) is 4.87. The van der Waals surface area contributed by atoms with Crippen molar-refractivity contribution in [3.63, 3.8) is 0 Å². The van der Waals surface area contributed by atoms with Crippen LogP contribution < -0.4 is 9.46 Å². The van der Waals surface area contributed by atoms with Crippen LogP contribution in [0.5, 0.6) is 11.5 Å². The van der Waals surface area contributed by atoms with Crippen molar-refractivity contribution in [2.24, 2.45) is 0 Å². The average Bonchev–Trinajstić information content (AvgIpc) is 3.32. The molecule has 0 fully saturated rings. The number of aryl methyl sites for hydroxylation is 4. The molecule has 1 atom stereocenters. The molecule has 1 heterocycles. The van der Waals surface area contributed by atoms with Crippen LogP contribution in [0.15, 0.2) is 78.5 Å². The minimum atomic E-state index is -0.250. The van der Waals surface area contributed by atoms with E-state index in [-0.39, 0.29) is 11.8 Å². The molecule has 9 heteroatoms. The molecule has 1 aromatic heterocycles. The second-order valence-corrected chi connectivity index (χ2v) is 9.73. The lowest BCUT2D eigenvalue weighted by Gasteiger charge is -2.11. The van der Waals surface area contributed by atoms with Crippen molar-refractivity contribution in [1.82, 2.24) is 9.55 Å². The van der Waals surface area contributed by atoms with E-state index in [2.05, 4.69) is 47.5 Å². The average molecular weight is 589 g/mol. The molecule has 6 nitrogen and oxygen atoms in total. The molecule has 0 aliphatic rings. The first-order chi connectivity index (χ1) is 18.9. The predicted molar refractivity (Wildman–Crippen MR) is 166 cm³/mol. The summed E-state index contributed by atoms with van der Waals surface area (Å²) < 4.78 is 11.5. The Morgan fingerprint density at radius 3 is 2.49 bits per heavy atom. The summed E-state index contributed by atoms with van der Waals surface area (Å²) in [5, 5.41) is 6.68. The first-order valence-electron chi connectivity index (χ1n) is 12.5. The van der Waals surface area contributed by atoms with Crippen molar-refractivity contribution >= 4 is 53.4 Å². The number of nitrogens with zero attached hydrogens (tertiary/aromatic N) is 2. The molecule has 0 radical (unpaired) electrons. The lowest BCUT2D eigenvalue weighted by atomic mass is 10.1. The molecule has 0 bridgehead atoms. The van der Waals surface area contributed by atoms with Gasteiger partial charge in [-0.2, -0.15) is 0 Å². The molecule has 0 aliphatic carbocycles. The third-order valence-corrected chi connectivity index (χ3v) is 6.44. The highest BCUT2D eigenvalue weighted by Crippen LogP contribution is 2.27. The van der Waals surface area contributed by atoms with Crippen LogP contribution in [0.25, 0.3) is 6.08 Å². The number of nitrogens with one attached hydrogen (secondary N) is 1. The van der Waals surface area contributed by atoms with E-state index in [1.807, 2.05) is 54.8 Å². The number of benzene rings is 2. The van der Waals surface area contributed by atoms with Crippen LogP contribution in [0.4, 0.5) is 5.69 Å². The lowest BCUT2D eigenvalue weighted by Crippen LogP contribution is -2.01. The molecule has 2 N–H and O–H groups in total. The highest BCUT2D eigenvalue weighted by Gasteiger charge is 2.06. The third kappa shape index (κ3) is 11.6. The number of alkyl halides is 1. The number of hydrogen-bond acceptors (Lipinski definition) is 5. The van der Waals surface area contributed by atoms with Gasteiger partial charge in [0, 0.05) is 36.6 Å². The number of hydrogen-bond donors (Lipinski definition) is 2. The van der Waals surface area contributed by atoms with E-state index < -0.39 is 0 Å². The molecule has 3 aromatic rings. The SMILES string of the molecule is CCn1cc(/C=C/C=CC(Cl)/C=C/Cl)nc1CCCc1ccc(Oc2ccc(NSC)c(C)c2)cc1.O=CO. The first kappa shape index (κ1) is 32.1. The van der Waals surface area contributed by atoms with Gasteiger partial charge in [0.2, 0.25) is 0 Å². The van der Waals surface area contributed by atoms with Crippen LogP contribution in [0.2, 0.25) is 0 Å². The fraction of sp³-hybridized carbons (Fsp3) is 0.267. The minimum absolute atomic E-state index is 0.213. The fourth-order valence-electron chi connectivity index (χ4n) is 3.72. The van der Waals surface area contributed by atoms with Gasteiger partial charge in [0.25, 0.3) is 6.47 Å². The monoisotopic (exact) mass is 587 g/mol. The first-order valence-corrected chi connectivity index (χ1v) is 14.6. The van der Waals surface area contributed by atoms with Crippen molar-refractivity contribution in [3.8, 4) is 11.5 Å². The molecule has 39 heavy (non-hydrogen) atoms. The third-order valence-electron chi connectivity index (χ3n) is 5.58. The Bertz CT molecular complexity index is 1240. The number of anilines is 1. The summed E-state index contributed by atoms with van der Waals surface area (Å²) in [6, 6.07) is 14.4. The Morgan fingerprint density at radius 1 is 1.13 bits per heavy atom. The Hall–Kier alpha value is -3.13. The van der Waals surface area contributed by atoms with Gasteiger partial charge in [-0.05, 0) is 74.2 Å². The van der Waals surface area contributed by atoms with Gasteiger partial charge in [0.1, 0.15) is 17.3 Å². The Labute approximate surface area is 245 Å². The van der Waals surface area contributed by atoms with Crippen LogP contribution in [-0.4, -0.2) is 32.8 Å². The van der Waals surface area contributed by atoms with Crippen molar-refractivity contribution in [2.75, 3.05) is 11.0 Å². The maximum Gasteiger partial charge on any atom is 0.290 e. The summed E-state index contributed by atoms with van der Waals surface area (Å²) in [6.07, 6.45) is 16.5. The van der Waals surface area contributed by atoms with Gasteiger partial charge in [0.05, 0.1) is 11.1 Å². The highest BCUT2D eigenvalue weighted by atomic mass is 35.5. The molecular weight excluding hydrogens is 553 g/mol. The predicted octanol–water partition coefficient (Wildman–Crippen LogP) is 8.50. The van der Waals surface area contributed by atoms with Gasteiger partial charge in [-0.25, -0.2) is 4.98 Å². The molecule has 0 saturated carbocycles. The zero-order chi connectivity index (χ0) is 28.5. The van der Waals surface area contributed by atoms with E-state index in [1.165, 1.54) is 11.1 Å². The second kappa shape index (κ2) is 18.2. The maximum atomic E-state index is 8.36. The summed E-state index contributed by atoms with van der Waals surface area (Å²) in [5.41, 5.74) is 5.93. The number of carboxylic acid groups (broad SMARTS) is 1. The number of rotatable bonds is 13. The molecule has 0 aliphatic heterocycles. The summed E-state index contributed by atoms with van der Waals surface area (Å²) in [7, 11) is 0. The van der Waals surface area contributed by atoms with Crippen LogP contribution in [0, 0.1) is 6.92 Å². The summed E-state index contributed by atoms with van der Waals surface area (Å²) >= 11 is 13.2. The van der Waals surface area contributed by atoms with E-state index in [0.717, 1.165) is 60.1 Å². The summed E-state index contributed by atoms with van der Waals surface area (Å²) in [4.78, 5) is 13.2. The standard InChI is InChI=1S/C29H33Cl2N3OS.CH2O2/c1-4-34-21-25(10-6-5-9-24(31)18-19-30)32-29(34)11-7-8-23-12-14-26(15-13-23)35-27-16-17-28(33-36-3)22(2)20-27;2-1-3/h5-6,9-10,12-21,24,33H,4,7-8,11H2,1-3H3;1H,(H,2,3)/b9-5?,10-6+,19-18+;. The number of ether oxygens (including phenoxy) is 1. The van der Waals surface area contributed by atoms with Crippen LogP contribution in [0.3, 0.4) is 0 Å². The molecular formula is C30H35Cl2N3O3S. The largest absolute Gasteiger partial charge is 0.483 e. The van der Waals surface area contributed by atoms with Crippen molar-refractivity contribution in [2.45, 2.75) is 45.0 Å². The maximum absolute atomic E-state index is 8.36. The molecule has 3 rings (SSSR count). The van der Waals surface area contributed by atoms with E-state index >= 15 is 0 Å². The van der Waals surface area contributed by atoms with Gasteiger partial charge >= 0.3 is 0 Å². The topological polar surface area (TPSA) is 76.4 Å². The lowest BCUT2D eigenvalue weighted by molar-refractivity contribution is -0.122. The van der Waals surface area contributed by atoms with Gasteiger partial charge in [-0.3, -0.25) is 4.79 Å². The minimum Gasteiger partial charge on any atom is -0.483 e. The van der Waals surface area contributed by atoms with Crippen molar-refractivity contribution < 1.29 is 14.6 Å². The normalized spacial score (nSPS) is 12.0. The molecule has 208 valence electrons. The van der Waals surface area contributed by atoms with Crippen molar-refractivity contribution in [3.05, 3.63) is 101 Å². The number of aromatic nitrogens is 2. The Balaban J connectivity index is 0.00000170. The van der Waals surface area contributed by atoms with Gasteiger partial charge in [-0.15, -0.1) is 11.6 Å². The smallest absolute Gasteiger partial charge is 0.290 e. The second-order valence-electron chi connectivity index (χ2n) is 8.36. The number of carbonyl (C=O) groups is 1. The molecule has 0 spiro atoms. The van der Waals surface area contributed by atoms with E-state index in [0.29, 0.717) is 0 Å². The quantitative estimate of drug-likeness (QED) is 0.0903. The van der Waals surface area contributed by atoms with Gasteiger partial charge in [0.15, 0.2) is 0 Å². The van der Waals surface area contributed by atoms with E-state index in [9.17, 15) is 0 Å². The van der Waals surface area contributed by atoms with Crippen LogP contribution in [0.1, 0.15) is 36.0 Å². The highest BCUT2D eigenvalue weighted by molar-refractivity contribution is 7.99. The summed E-state index contributed by atoms with van der Waals surface area (Å²) in [5.74, 6) is 2.79. The zero-order valence-electron chi connectivity index (χ0n) is 22.4. The molecule has 1 unspecified atom stereocenters. The van der Waals surface area contributed by atoms with Gasteiger partial charge in [-0.1, -0.05) is 60.0 Å². The van der Waals surface area contributed by atoms with Gasteiger partial charge < -0.3 is 19.1 Å². The molecule has 2 aromatic carbocycles.